The van der Waals surface area contributed by atoms with E-state index in [1.165, 1.54) is 5.57 Å². The van der Waals surface area contributed by atoms with Gasteiger partial charge in [0.1, 0.15) is 0 Å². The van der Waals surface area contributed by atoms with Crippen molar-refractivity contribution in [1.82, 2.24) is 0 Å². The van der Waals surface area contributed by atoms with E-state index in [1.54, 1.807) is 0 Å². The molecule has 4 heteroatoms. The molecule has 0 saturated heterocycles. The predicted molar refractivity (Wildman–Crippen MR) is 135 cm³/mol. The van der Waals surface area contributed by atoms with Gasteiger partial charge in [-0.2, -0.15) is 0 Å². The van der Waals surface area contributed by atoms with Crippen molar-refractivity contribution in [2.75, 3.05) is 6.61 Å². The average Bonchev–Trinajstić information content (AvgIpc) is 2.76. The van der Waals surface area contributed by atoms with Crippen LogP contribution in [0.5, 0.6) is 0 Å². The fraction of sp³-hybridized carbons (Fsp3) is 0.933. The highest BCUT2D eigenvalue weighted by atomic mass is 16.3. The van der Waals surface area contributed by atoms with Crippen LogP contribution in [0.4, 0.5) is 0 Å². The predicted octanol–water partition coefficient (Wildman–Crippen LogP) is 5.08. The minimum absolute atomic E-state index is 0.0641. The fourth-order valence-electron chi connectivity index (χ4n) is 10.8. The first-order valence-corrected chi connectivity index (χ1v) is 14.0. The number of aliphatic hydroxyl groups excluding tert-OH is 4. The third kappa shape index (κ3) is 2.81. The Morgan fingerprint density at radius 2 is 1.50 bits per heavy atom. The van der Waals surface area contributed by atoms with Gasteiger partial charge >= 0.3 is 0 Å². The topological polar surface area (TPSA) is 80.9 Å². The van der Waals surface area contributed by atoms with Crippen molar-refractivity contribution < 1.29 is 20.4 Å². The maximum atomic E-state index is 12.0. The molecule has 0 bridgehead atoms. The van der Waals surface area contributed by atoms with Crippen molar-refractivity contribution in [3.8, 4) is 0 Å². The summed E-state index contributed by atoms with van der Waals surface area (Å²) >= 11 is 0. The van der Waals surface area contributed by atoms with Crippen molar-refractivity contribution >= 4 is 0 Å². The van der Waals surface area contributed by atoms with Gasteiger partial charge in [-0.15, -0.1) is 0 Å². The van der Waals surface area contributed by atoms with Crippen LogP contribution in [-0.4, -0.2) is 45.3 Å². The van der Waals surface area contributed by atoms with Gasteiger partial charge in [0.05, 0.1) is 24.9 Å². The second kappa shape index (κ2) is 7.33. The minimum Gasteiger partial charge on any atom is -0.396 e. The number of hydrogen-bond acceptors (Lipinski definition) is 4. The van der Waals surface area contributed by atoms with Gasteiger partial charge in [0.25, 0.3) is 0 Å². The first-order chi connectivity index (χ1) is 15.6. The van der Waals surface area contributed by atoms with Crippen molar-refractivity contribution in [2.24, 2.45) is 50.2 Å². The van der Waals surface area contributed by atoms with E-state index in [0.29, 0.717) is 11.8 Å². The Bertz CT molecular complexity index is 877. The van der Waals surface area contributed by atoms with Crippen LogP contribution in [0, 0.1) is 50.2 Å². The summed E-state index contributed by atoms with van der Waals surface area (Å²) in [5.74, 6) is 0.966. The molecule has 5 rings (SSSR count). The quantitative estimate of drug-likeness (QED) is 0.399. The summed E-state index contributed by atoms with van der Waals surface area (Å²) < 4.78 is 0. The van der Waals surface area contributed by atoms with E-state index in [0.717, 1.165) is 51.4 Å². The summed E-state index contributed by atoms with van der Waals surface area (Å²) in [7, 11) is 0. The van der Waals surface area contributed by atoms with Gasteiger partial charge in [0, 0.05) is 10.8 Å². The first kappa shape index (κ1) is 25.2. The standard InChI is InChI=1S/C30H50O4/c1-25(2)14-15-30(17-31)19(16-25)18-8-9-21-27(5)12-11-22(32)26(3,4)20(27)10-13-28(21,6)29(18,7)23(33)24(30)34/h8,19-24,31-34H,9-17H2,1-7H3/t19-,20-,21+,22-,23-,24+,27-,28+,29-,30+/m0/s1. The molecule has 5 aliphatic carbocycles. The molecule has 0 heterocycles. The highest BCUT2D eigenvalue weighted by Crippen LogP contribution is 2.75. The Labute approximate surface area is 207 Å². The largest absolute Gasteiger partial charge is 0.396 e. The zero-order valence-electron chi connectivity index (χ0n) is 22.7. The smallest absolute Gasteiger partial charge is 0.0901 e. The summed E-state index contributed by atoms with van der Waals surface area (Å²) in [5, 5.41) is 45.3. The maximum Gasteiger partial charge on any atom is 0.0901 e. The lowest BCUT2D eigenvalue weighted by Crippen LogP contribution is -2.71. The molecule has 0 amide bonds. The van der Waals surface area contributed by atoms with Gasteiger partial charge in [-0.05, 0) is 90.8 Å². The van der Waals surface area contributed by atoms with Crippen molar-refractivity contribution in [2.45, 2.75) is 118 Å². The summed E-state index contributed by atoms with van der Waals surface area (Å²) in [6, 6.07) is 0. The molecule has 0 radical (unpaired) electrons. The molecule has 34 heavy (non-hydrogen) atoms. The molecule has 4 nitrogen and oxygen atoms in total. The molecule has 194 valence electrons. The molecule has 0 aliphatic heterocycles. The van der Waals surface area contributed by atoms with Crippen LogP contribution in [0.2, 0.25) is 0 Å². The fourth-order valence-corrected chi connectivity index (χ4v) is 10.8. The van der Waals surface area contributed by atoms with Crippen molar-refractivity contribution in [3.63, 3.8) is 0 Å². The van der Waals surface area contributed by atoms with Gasteiger partial charge in [-0.3, -0.25) is 0 Å². The van der Waals surface area contributed by atoms with Gasteiger partial charge in [-0.1, -0.05) is 60.1 Å². The molecule has 4 fully saturated rings. The zero-order valence-corrected chi connectivity index (χ0v) is 22.7. The van der Waals surface area contributed by atoms with E-state index in [4.69, 9.17) is 0 Å². The van der Waals surface area contributed by atoms with E-state index >= 15 is 0 Å². The van der Waals surface area contributed by atoms with Crippen molar-refractivity contribution in [3.05, 3.63) is 11.6 Å². The van der Waals surface area contributed by atoms with E-state index < -0.39 is 23.0 Å². The molecular weight excluding hydrogens is 424 g/mol. The molecule has 0 spiro atoms. The van der Waals surface area contributed by atoms with Gasteiger partial charge in [-0.25, -0.2) is 0 Å². The Morgan fingerprint density at radius 1 is 0.824 bits per heavy atom. The second-order valence-electron chi connectivity index (χ2n) is 15.2. The Morgan fingerprint density at radius 3 is 2.15 bits per heavy atom. The van der Waals surface area contributed by atoms with E-state index in [1.807, 2.05) is 0 Å². The molecule has 0 aromatic heterocycles. The third-order valence-corrected chi connectivity index (χ3v) is 13.3. The molecule has 0 aromatic rings. The Balaban J connectivity index is 1.65. The number of allylic oxidation sites excluding steroid dienone is 1. The third-order valence-electron chi connectivity index (χ3n) is 13.3. The number of rotatable bonds is 1. The van der Waals surface area contributed by atoms with Crippen LogP contribution in [0.3, 0.4) is 0 Å². The number of hydrogen-bond donors (Lipinski definition) is 4. The van der Waals surface area contributed by atoms with Crippen LogP contribution < -0.4 is 0 Å². The van der Waals surface area contributed by atoms with E-state index in [9.17, 15) is 20.4 Å². The Hall–Kier alpha value is -0.420. The number of aliphatic hydroxyl groups is 4. The van der Waals surface area contributed by atoms with Gasteiger partial charge in [0.2, 0.25) is 0 Å². The van der Waals surface area contributed by atoms with Crippen molar-refractivity contribution in [1.29, 1.82) is 0 Å². The molecule has 4 N–H and O–H groups in total. The molecule has 10 atom stereocenters. The number of fused-ring (bicyclic) bond motifs is 7. The van der Waals surface area contributed by atoms with E-state index in [2.05, 4.69) is 54.5 Å². The highest BCUT2D eigenvalue weighted by molar-refractivity contribution is 5.37. The molecular formula is C30H50O4. The molecule has 0 aromatic carbocycles. The molecule has 5 aliphatic rings. The lowest BCUT2D eigenvalue weighted by molar-refractivity contribution is -0.254. The zero-order chi connectivity index (χ0) is 25.1. The average molecular weight is 475 g/mol. The van der Waals surface area contributed by atoms with Crippen LogP contribution >= 0.6 is 0 Å². The summed E-state index contributed by atoms with van der Waals surface area (Å²) in [5.41, 5.74) is 0.194. The first-order valence-electron chi connectivity index (χ1n) is 14.0. The van der Waals surface area contributed by atoms with Crippen LogP contribution in [0.15, 0.2) is 11.6 Å². The lowest BCUT2D eigenvalue weighted by atomic mass is 9.32. The van der Waals surface area contributed by atoms with Crippen LogP contribution in [-0.2, 0) is 0 Å². The van der Waals surface area contributed by atoms with Gasteiger partial charge < -0.3 is 20.4 Å². The minimum atomic E-state index is -0.911. The highest BCUT2D eigenvalue weighted by Gasteiger charge is 2.72. The van der Waals surface area contributed by atoms with Gasteiger partial charge in [0.15, 0.2) is 0 Å². The van der Waals surface area contributed by atoms with E-state index in [-0.39, 0.29) is 40.3 Å². The normalized spacial score (nSPS) is 55.8. The summed E-state index contributed by atoms with van der Waals surface area (Å²) in [6.45, 7) is 16.2. The summed E-state index contributed by atoms with van der Waals surface area (Å²) in [4.78, 5) is 0. The monoisotopic (exact) mass is 474 g/mol. The van der Waals surface area contributed by atoms with Crippen LogP contribution in [0.1, 0.15) is 99.8 Å². The Kier molecular flexibility index (Phi) is 5.44. The second-order valence-corrected chi connectivity index (χ2v) is 15.2. The molecule has 4 saturated carbocycles. The lowest BCUT2D eigenvalue weighted by Gasteiger charge is -2.72. The molecule has 0 unspecified atom stereocenters. The van der Waals surface area contributed by atoms with Crippen LogP contribution in [0.25, 0.3) is 0 Å². The SMILES string of the molecule is CC1(C)CC[C@]2(CO)[C@H](O)[C@H](O)[C@]3(C)C(=CC[C@@H]4[C@@]5(C)CC[C@H](O)C(C)(C)[C@@H]5CC[C@]43C)[C@@H]2C1. The maximum absolute atomic E-state index is 12.0. The summed E-state index contributed by atoms with van der Waals surface area (Å²) in [6.07, 6.45) is 8.03.